The van der Waals surface area contributed by atoms with Crippen molar-refractivity contribution in [2.75, 3.05) is 0 Å². The maximum atomic E-state index is 13.9. The van der Waals surface area contributed by atoms with Crippen LogP contribution in [0.15, 0.2) is 17.5 Å². The van der Waals surface area contributed by atoms with Crippen molar-refractivity contribution in [2.45, 2.75) is 26.3 Å². The van der Waals surface area contributed by atoms with Gasteiger partial charge in [0, 0.05) is 23.4 Å². The standard InChI is InChI=1S/C13H14F2N2S/c1-7-3-4-10(14)12(13(7)15)11(16)5-9-6-18-8(2)17-9/h3-4,6,11H,5,16H2,1-2H3. The summed E-state index contributed by atoms with van der Waals surface area (Å²) in [6.07, 6.45) is 0.335. The van der Waals surface area contributed by atoms with Crippen molar-refractivity contribution in [2.24, 2.45) is 5.73 Å². The van der Waals surface area contributed by atoms with Crippen LogP contribution in [-0.2, 0) is 6.42 Å². The first kappa shape index (κ1) is 13.1. The highest BCUT2D eigenvalue weighted by molar-refractivity contribution is 7.09. The van der Waals surface area contributed by atoms with Crippen LogP contribution in [-0.4, -0.2) is 4.98 Å². The summed E-state index contributed by atoms with van der Waals surface area (Å²) in [5.74, 6) is -1.16. The van der Waals surface area contributed by atoms with E-state index in [0.717, 1.165) is 10.7 Å². The van der Waals surface area contributed by atoms with Gasteiger partial charge < -0.3 is 5.73 Å². The minimum Gasteiger partial charge on any atom is -0.323 e. The molecule has 18 heavy (non-hydrogen) atoms. The van der Waals surface area contributed by atoms with E-state index in [0.29, 0.717) is 12.0 Å². The maximum absolute atomic E-state index is 13.9. The third-order valence-corrected chi connectivity index (χ3v) is 3.61. The van der Waals surface area contributed by atoms with Gasteiger partial charge in [0.25, 0.3) is 0 Å². The number of nitrogens with zero attached hydrogens (tertiary/aromatic N) is 1. The molecule has 0 amide bonds. The van der Waals surface area contributed by atoms with E-state index in [4.69, 9.17) is 5.73 Å². The second-order valence-electron chi connectivity index (χ2n) is 4.26. The Kier molecular flexibility index (Phi) is 3.73. The van der Waals surface area contributed by atoms with E-state index in [2.05, 4.69) is 4.98 Å². The zero-order valence-corrected chi connectivity index (χ0v) is 11.0. The Labute approximate surface area is 108 Å². The van der Waals surface area contributed by atoms with Crippen LogP contribution in [0.1, 0.15) is 27.9 Å². The normalized spacial score (nSPS) is 12.7. The van der Waals surface area contributed by atoms with Crippen LogP contribution in [0, 0.1) is 25.5 Å². The molecule has 0 saturated heterocycles. The number of hydrogen-bond donors (Lipinski definition) is 1. The van der Waals surface area contributed by atoms with Crippen LogP contribution in [0.5, 0.6) is 0 Å². The predicted octanol–water partition coefficient (Wildman–Crippen LogP) is 3.28. The lowest BCUT2D eigenvalue weighted by Gasteiger charge is -2.14. The van der Waals surface area contributed by atoms with E-state index >= 15 is 0 Å². The van der Waals surface area contributed by atoms with Gasteiger partial charge >= 0.3 is 0 Å². The van der Waals surface area contributed by atoms with Gasteiger partial charge in [-0.3, -0.25) is 0 Å². The highest BCUT2D eigenvalue weighted by atomic mass is 32.1. The van der Waals surface area contributed by atoms with E-state index in [-0.39, 0.29) is 5.56 Å². The Bertz CT molecular complexity index is 566. The van der Waals surface area contributed by atoms with Gasteiger partial charge in [0.15, 0.2) is 0 Å². The molecule has 96 valence electrons. The van der Waals surface area contributed by atoms with Crippen LogP contribution in [0.25, 0.3) is 0 Å². The molecule has 0 aliphatic rings. The summed E-state index contributed by atoms with van der Waals surface area (Å²) in [5, 5.41) is 2.78. The maximum Gasteiger partial charge on any atom is 0.133 e. The molecule has 0 aliphatic heterocycles. The van der Waals surface area contributed by atoms with Crippen molar-refractivity contribution in [3.05, 3.63) is 51.0 Å². The quantitative estimate of drug-likeness (QED) is 0.927. The number of aryl methyl sites for hydroxylation is 2. The second-order valence-corrected chi connectivity index (χ2v) is 5.32. The summed E-state index contributed by atoms with van der Waals surface area (Å²) in [7, 11) is 0. The third kappa shape index (κ3) is 2.57. The molecule has 0 fully saturated rings. The number of hydrogen-bond acceptors (Lipinski definition) is 3. The number of benzene rings is 1. The fourth-order valence-corrected chi connectivity index (χ4v) is 2.47. The molecule has 0 radical (unpaired) electrons. The minimum atomic E-state index is -0.716. The molecule has 5 heteroatoms. The van der Waals surface area contributed by atoms with Gasteiger partial charge in [0.1, 0.15) is 11.6 Å². The molecule has 2 N–H and O–H groups in total. The molecule has 2 nitrogen and oxygen atoms in total. The molecular weight excluding hydrogens is 254 g/mol. The summed E-state index contributed by atoms with van der Waals surface area (Å²) >= 11 is 1.50. The molecule has 0 bridgehead atoms. The van der Waals surface area contributed by atoms with Gasteiger partial charge in [-0.25, -0.2) is 13.8 Å². The minimum absolute atomic E-state index is 0.0550. The lowest BCUT2D eigenvalue weighted by atomic mass is 10.00. The smallest absolute Gasteiger partial charge is 0.133 e. The average molecular weight is 268 g/mol. The molecule has 2 aromatic rings. The molecule has 0 aliphatic carbocycles. The average Bonchev–Trinajstić information content (AvgIpc) is 2.70. The highest BCUT2D eigenvalue weighted by Gasteiger charge is 2.19. The topological polar surface area (TPSA) is 38.9 Å². The molecular formula is C13H14F2N2S. The lowest BCUT2D eigenvalue weighted by Crippen LogP contribution is -2.17. The predicted molar refractivity (Wildman–Crippen MR) is 68.6 cm³/mol. The SMILES string of the molecule is Cc1nc(CC(N)c2c(F)ccc(C)c2F)cs1. The zero-order chi connectivity index (χ0) is 13.3. The van der Waals surface area contributed by atoms with Gasteiger partial charge in [-0.1, -0.05) is 6.07 Å². The number of aromatic nitrogens is 1. The van der Waals surface area contributed by atoms with Gasteiger partial charge in [0.2, 0.25) is 0 Å². The largest absolute Gasteiger partial charge is 0.323 e. The van der Waals surface area contributed by atoms with Crippen LogP contribution >= 0.6 is 11.3 Å². The van der Waals surface area contributed by atoms with Crippen molar-refractivity contribution in [3.63, 3.8) is 0 Å². The summed E-state index contributed by atoms with van der Waals surface area (Å²) < 4.78 is 27.5. The fourth-order valence-electron chi connectivity index (χ4n) is 1.85. The van der Waals surface area contributed by atoms with Gasteiger partial charge in [-0.05, 0) is 25.5 Å². The van der Waals surface area contributed by atoms with E-state index < -0.39 is 17.7 Å². The molecule has 1 aromatic carbocycles. The molecule has 1 heterocycles. The van der Waals surface area contributed by atoms with Gasteiger partial charge in [-0.2, -0.15) is 0 Å². The van der Waals surface area contributed by atoms with Crippen LogP contribution in [0.2, 0.25) is 0 Å². The van der Waals surface area contributed by atoms with Crippen LogP contribution in [0.3, 0.4) is 0 Å². The summed E-state index contributed by atoms with van der Waals surface area (Å²) in [6.45, 7) is 3.48. The number of rotatable bonds is 3. The van der Waals surface area contributed by atoms with Gasteiger partial charge in [-0.15, -0.1) is 11.3 Å². The Morgan fingerprint density at radius 1 is 1.33 bits per heavy atom. The van der Waals surface area contributed by atoms with E-state index in [1.165, 1.54) is 23.5 Å². The van der Waals surface area contributed by atoms with Crippen LogP contribution in [0.4, 0.5) is 8.78 Å². The summed E-state index contributed by atoms with van der Waals surface area (Å²) in [6, 6.07) is 1.94. The van der Waals surface area contributed by atoms with Gasteiger partial charge in [0.05, 0.1) is 10.7 Å². The molecule has 1 aromatic heterocycles. The number of thiazole rings is 1. The van der Waals surface area contributed by atoms with E-state index in [9.17, 15) is 8.78 Å². The monoisotopic (exact) mass is 268 g/mol. The molecule has 1 atom stereocenters. The van der Waals surface area contributed by atoms with Crippen molar-refractivity contribution in [1.29, 1.82) is 0 Å². The molecule has 1 unspecified atom stereocenters. The Morgan fingerprint density at radius 2 is 2.06 bits per heavy atom. The Balaban J connectivity index is 2.28. The van der Waals surface area contributed by atoms with Crippen LogP contribution < -0.4 is 5.73 Å². The molecule has 0 spiro atoms. The van der Waals surface area contributed by atoms with Crippen molar-refractivity contribution >= 4 is 11.3 Å². The third-order valence-electron chi connectivity index (χ3n) is 2.79. The fraction of sp³-hybridized carbons (Fsp3) is 0.308. The van der Waals surface area contributed by atoms with Crippen molar-refractivity contribution in [1.82, 2.24) is 4.98 Å². The first-order valence-electron chi connectivity index (χ1n) is 5.60. The zero-order valence-electron chi connectivity index (χ0n) is 10.2. The first-order chi connectivity index (χ1) is 8.49. The highest BCUT2D eigenvalue weighted by Crippen LogP contribution is 2.24. The van der Waals surface area contributed by atoms with Crippen molar-refractivity contribution in [3.8, 4) is 0 Å². The summed E-state index contributed by atoms with van der Waals surface area (Å²) in [4.78, 5) is 4.25. The lowest BCUT2D eigenvalue weighted by molar-refractivity contribution is 0.518. The Hall–Kier alpha value is -1.33. The molecule has 0 saturated carbocycles. The first-order valence-corrected chi connectivity index (χ1v) is 6.48. The Morgan fingerprint density at radius 3 is 2.67 bits per heavy atom. The molecule has 2 rings (SSSR count). The van der Waals surface area contributed by atoms with Crippen molar-refractivity contribution < 1.29 is 8.78 Å². The number of halogens is 2. The second kappa shape index (κ2) is 5.12. The summed E-state index contributed by atoms with van der Waals surface area (Å²) in [5.41, 5.74) is 7.00. The van der Waals surface area contributed by atoms with E-state index in [1.807, 2.05) is 12.3 Å². The van der Waals surface area contributed by atoms with E-state index in [1.54, 1.807) is 6.92 Å². The number of nitrogens with two attached hydrogens (primary N) is 1.